The van der Waals surface area contributed by atoms with Crippen molar-refractivity contribution in [3.63, 3.8) is 0 Å². The number of carbonyl (C=O) groups excluding carboxylic acids is 1. The monoisotopic (exact) mass is 678 g/mol. The molecule has 1 heterocycles. The van der Waals surface area contributed by atoms with Crippen molar-refractivity contribution in [2.45, 2.75) is 77.9 Å². The van der Waals surface area contributed by atoms with Crippen LogP contribution in [0.3, 0.4) is 0 Å². The van der Waals surface area contributed by atoms with Crippen molar-refractivity contribution in [2.75, 3.05) is 5.32 Å². The summed E-state index contributed by atoms with van der Waals surface area (Å²) in [5, 5.41) is 13.5. The minimum atomic E-state index is -0.890. The van der Waals surface area contributed by atoms with Gasteiger partial charge in [-0.1, -0.05) is 17.9 Å². The van der Waals surface area contributed by atoms with Crippen molar-refractivity contribution in [2.24, 2.45) is 11.3 Å². The van der Waals surface area contributed by atoms with Gasteiger partial charge in [0.1, 0.15) is 0 Å². The molecule has 1 aromatic carbocycles. The van der Waals surface area contributed by atoms with Gasteiger partial charge in [0, 0.05) is 34.7 Å². The molecule has 0 radical (unpaired) electrons. The van der Waals surface area contributed by atoms with Crippen LogP contribution in [-0.2, 0) is 10.4 Å². The molecule has 1 amide bonds. The quantitative estimate of drug-likeness (QED) is 0.129. The van der Waals surface area contributed by atoms with Crippen LogP contribution in [-0.4, -0.2) is 20.6 Å². The third kappa shape index (κ3) is 12.4. The van der Waals surface area contributed by atoms with E-state index in [0.717, 1.165) is 35.9 Å². The van der Waals surface area contributed by atoms with Crippen molar-refractivity contribution in [1.29, 1.82) is 5.53 Å². The minimum Gasteiger partial charge on any atom is -0.386 e. The lowest BCUT2D eigenvalue weighted by molar-refractivity contribution is -0.117. The maximum atomic E-state index is 12.6. The van der Waals surface area contributed by atoms with Crippen LogP contribution in [0, 0.1) is 133 Å². The van der Waals surface area contributed by atoms with Crippen LogP contribution < -0.4 is 5.32 Å². The molecule has 10 heteroatoms. The number of hydrogen-bond acceptors (Lipinski definition) is 6. The molecule has 0 bridgehead atoms. The van der Waals surface area contributed by atoms with Gasteiger partial charge in [0.25, 0.3) is 0 Å². The largest absolute Gasteiger partial charge is 0.386 e. The Balaban J connectivity index is -0.000000118. The fraction of sp³-hybridized carbons (Fsp3) is 0.350. The zero-order valence-electron chi connectivity index (χ0n) is 28.1. The first-order chi connectivity index (χ1) is 24.2. The van der Waals surface area contributed by atoms with Crippen molar-refractivity contribution < 1.29 is 22.7 Å². The number of benzene rings is 1. The summed E-state index contributed by atoms with van der Waals surface area (Å²) in [5.74, 6) is 46.6. The Morgan fingerprint density at radius 1 is 0.920 bits per heavy atom. The van der Waals surface area contributed by atoms with Gasteiger partial charge in [-0.25, -0.2) is 4.98 Å². The van der Waals surface area contributed by atoms with E-state index in [1.54, 1.807) is 32.6 Å². The normalized spacial score (nSPS) is 14.0. The molecule has 0 saturated heterocycles. The molecule has 50 heavy (non-hydrogen) atoms. The second-order valence-electron chi connectivity index (χ2n) is 11.4. The molecule has 1 atom stereocenters. The molecule has 5 rings (SSSR count). The first-order valence-electron chi connectivity index (χ1n) is 15.3. The van der Waals surface area contributed by atoms with Crippen LogP contribution in [0.15, 0.2) is 18.2 Å². The Morgan fingerprint density at radius 3 is 1.70 bits per heavy atom. The number of hydrogen-bond donors (Lipinski definition) is 3. The average Bonchev–Trinajstić information content (AvgIpc) is 3.99. The molecule has 3 saturated carbocycles. The third-order valence-corrected chi connectivity index (χ3v) is 7.66. The maximum absolute atomic E-state index is 12.6. The summed E-state index contributed by atoms with van der Waals surface area (Å²) in [4.78, 5) is 33.1. The smallest absolute Gasteiger partial charge is 0.230 e. The van der Waals surface area contributed by atoms with E-state index in [1.807, 2.05) is 18.2 Å². The lowest BCUT2D eigenvalue weighted by Crippen LogP contribution is -2.23. The molecule has 3 aliphatic rings. The van der Waals surface area contributed by atoms with E-state index >= 15 is 0 Å². The molecule has 264 valence electrons. The van der Waals surface area contributed by atoms with Gasteiger partial charge in [0.2, 0.25) is 11.9 Å². The van der Waals surface area contributed by atoms with E-state index in [2.05, 4.69) is 116 Å². The zero-order valence-corrected chi connectivity index (χ0v) is 28.1. The SMILES string of the molecule is CC#CC#CC#CC#CC#CC#CC#CC#CC#CC.CC(C)(O)c1ccc2nc(NC(=O)C3CC34CC4)n(C3CCC3)c2c1.O=O.[HH].[HH].[HH].[HH].[HH].[HH].[HH].[HH].[HH].[N-]=[N+]=N. The molecular weight excluding hydrogens is 628 g/mol. The zero-order chi connectivity index (χ0) is 36.8. The van der Waals surface area contributed by atoms with Gasteiger partial charge < -0.3 is 9.67 Å². The summed E-state index contributed by atoms with van der Waals surface area (Å²) in [6.07, 6.45) is 6.92. The Labute approximate surface area is 306 Å². The van der Waals surface area contributed by atoms with Crippen LogP contribution in [0.25, 0.3) is 21.5 Å². The van der Waals surface area contributed by atoms with Crippen LogP contribution in [0.1, 0.15) is 90.7 Å². The Kier molecular flexibility index (Phi) is 16.0. The number of imidazole rings is 1. The highest BCUT2D eigenvalue weighted by atomic mass is 16.7. The van der Waals surface area contributed by atoms with E-state index in [-0.39, 0.29) is 24.7 Å². The van der Waals surface area contributed by atoms with Crippen molar-refractivity contribution in [1.82, 2.24) is 9.55 Å². The van der Waals surface area contributed by atoms with E-state index in [1.165, 1.54) is 19.3 Å². The van der Waals surface area contributed by atoms with E-state index < -0.39 is 5.60 Å². The molecule has 2 aromatic rings. The topological polar surface area (TPSA) is 162 Å². The van der Waals surface area contributed by atoms with Gasteiger partial charge in [-0.3, -0.25) is 10.1 Å². The highest BCUT2D eigenvalue weighted by molar-refractivity contribution is 5.96. The summed E-state index contributed by atoms with van der Waals surface area (Å²) >= 11 is 0. The molecule has 1 spiro atoms. The van der Waals surface area contributed by atoms with Crippen LogP contribution in [0.2, 0.25) is 0 Å². The standard InChI is InChI=1S/C20H25N3O2.C20H6.HN3.O2.9H2/c1-19(2,25)12-6-7-15-16(10-12)23(13-4-3-5-13)18(21-15)22-17(24)14-11-20(14)8-9-20;1-3-5-7-9-11-13-15-17-19-20-18-16-14-12-10-8-6-4-2;1-3-2;1-2;;;;;;;;;/h6-7,10,13-14,25H,3-5,8-9,11H2,1-2H3,(H,21,22,24);1-2H3;1H;;9*1H. The summed E-state index contributed by atoms with van der Waals surface area (Å²) < 4.78 is 2.19. The number of fused-ring (bicyclic) bond motifs is 1. The number of aromatic nitrogens is 2. The molecule has 3 N–H and O–H groups in total. The van der Waals surface area contributed by atoms with Crippen molar-refractivity contribution in [3.05, 3.63) is 44.1 Å². The van der Waals surface area contributed by atoms with Crippen LogP contribution in [0.4, 0.5) is 5.95 Å². The molecule has 1 unspecified atom stereocenters. The highest BCUT2D eigenvalue weighted by Gasteiger charge is 2.65. The summed E-state index contributed by atoms with van der Waals surface area (Å²) in [6, 6.07) is 6.29. The second kappa shape index (κ2) is 20.3. The minimum absolute atomic E-state index is 0. The van der Waals surface area contributed by atoms with Gasteiger partial charge in [-0.2, -0.15) is 0 Å². The Bertz CT molecular complexity index is 2170. The number of amides is 1. The van der Waals surface area contributed by atoms with Crippen molar-refractivity contribution in [3.8, 4) is 107 Å². The van der Waals surface area contributed by atoms with Crippen molar-refractivity contribution >= 4 is 22.9 Å². The fourth-order valence-corrected chi connectivity index (χ4v) is 4.77. The van der Waals surface area contributed by atoms with E-state index in [9.17, 15) is 9.90 Å². The Morgan fingerprint density at radius 2 is 1.36 bits per heavy atom. The lowest BCUT2D eigenvalue weighted by Gasteiger charge is -2.29. The fourth-order valence-electron chi connectivity index (χ4n) is 4.77. The molecule has 1 aromatic heterocycles. The van der Waals surface area contributed by atoms with E-state index in [4.69, 9.17) is 26.0 Å². The number of nitrogens with one attached hydrogen (secondary N) is 2. The highest BCUT2D eigenvalue weighted by Crippen LogP contribution is 2.70. The number of aliphatic hydroxyl groups is 1. The van der Waals surface area contributed by atoms with Gasteiger partial charge >= 0.3 is 0 Å². The Hall–Kier alpha value is -6.93. The average molecular weight is 679 g/mol. The van der Waals surface area contributed by atoms with Gasteiger partial charge in [0.15, 0.2) is 0 Å². The van der Waals surface area contributed by atoms with Gasteiger partial charge in [0.05, 0.1) is 16.6 Å². The lowest BCUT2D eigenvalue weighted by atomic mass is 9.92. The molecule has 10 nitrogen and oxygen atoms in total. The molecule has 0 aliphatic heterocycles. The predicted molar refractivity (Wildman–Crippen MR) is 213 cm³/mol. The number of rotatable bonds is 4. The van der Waals surface area contributed by atoms with Gasteiger partial charge in [-0.05, 0) is 195 Å². The summed E-state index contributed by atoms with van der Waals surface area (Å²) in [6.45, 7) is 7.00. The van der Waals surface area contributed by atoms with Gasteiger partial charge in [-0.15, -0.1) is 5.53 Å². The molecular formula is C40H50N6O4. The first kappa shape index (κ1) is 39.2. The summed E-state index contributed by atoms with van der Waals surface area (Å²) in [5.41, 5.74) is 14.5. The predicted octanol–water partition coefficient (Wildman–Crippen LogP) is 7.94. The number of nitrogens with zero attached hydrogens (tertiary/aromatic N) is 4. The molecule has 3 aliphatic carbocycles. The summed E-state index contributed by atoms with van der Waals surface area (Å²) in [7, 11) is 0. The number of anilines is 1. The molecule has 3 fully saturated rings. The first-order valence-corrected chi connectivity index (χ1v) is 15.3. The van der Waals surface area contributed by atoms with Crippen LogP contribution >= 0.6 is 0 Å². The van der Waals surface area contributed by atoms with Crippen LogP contribution in [0.5, 0.6) is 0 Å². The van der Waals surface area contributed by atoms with E-state index in [0.29, 0.717) is 17.4 Å². The number of carbonyl (C=O) groups is 1. The third-order valence-electron chi connectivity index (χ3n) is 7.66. The second-order valence-corrected chi connectivity index (χ2v) is 11.4. The maximum Gasteiger partial charge on any atom is 0.230 e.